The Bertz CT molecular complexity index is 5670. The molecule has 0 amide bonds. The van der Waals surface area contributed by atoms with Gasteiger partial charge in [0.1, 0.15) is 6.17 Å². The van der Waals surface area contributed by atoms with Gasteiger partial charge in [-0.25, -0.2) is 28.1 Å². The smallest absolute Gasteiger partial charge is 0.250 e. The van der Waals surface area contributed by atoms with Crippen LogP contribution in [0.15, 0.2) is 193 Å². The minimum Gasteiger partial charge on any atom is -0.379 e. The minimum absolute atomic E-state index is 0.0144. The van der Waals surface area contributed by atoms with E-state index >= 15 is 0 Å². The number of likely N-dealkylation sites (N-methyl/N-ethyl adjacent to an activating group) is 2. The van der Waals surface area contributed by atoms with Crippen LogP contribution in [0.4, 0.5) is 28.6 Å². The fourth-order valence-electron chi connectivity index (χ4n) is 17.3. The molecule has 750 valence electrons. The average Bonchev–Trinajstić information content (AvgIpc) is 1.68. The van der Waals surface area contributed by atoms with Crippen LogP contribution in [0.5, 0.6) is 0 Å². The zero-order chi connectivity index (χ0) is 99.6. The van der Waals surface area contributed by atoms with Crippen molar-refractivity contribution in [2.24, 2.45) is 0 Å². The third-order valence-electron chi connectivity index (χ3n) is 27.0. The van der Waals surface area contributed by atoms with Crippen molar-refractivity contribution in [2.45, 2.75) is 228 Å². The van der Waals surface area contributed by atoms with Crippen LogP contribution in [0.3, 0.4) is 0 Å². The van der Waals surface area contributed by atoms with Gasteiger partial charge in [-0.05, 0) is 160 Å². The number of halogens is 3. The molecule has 6 aliphatic rings. The van der Waals surface area contributed by atoms with Crippen molar-refractivity contribution < 1.29 is 22.6 Å². The number of ether oxygens (including phenoxy) is 2. The highest BCUT2D eigenvalue weighted by Crippen LogP contribution is 2.41. The molecule has 14 nitrogen and oxygen atoms in total. The normalized spacial score (nSPS) is 17.2. The summed E-state index contributed by atoms with van der Waals surface area (Å²) in [6.45, 7) is 68.4. The second-order valence-corrected chi connectivity index (χ2v) is 50.8. The van der Waals surface area contributed by atoms with E-state index < -0.39 is 12.1 Å². The van der Waals surface area contributed by atoms with E-state index in [-0.39, 0.29) is 45.3 Å². The van der Waals surface area contributed by atoms with E-state index in [9.17, 15) is 13.2 Å². The third-order valence-corrected chi connectivity index (χ3v) is 33.2. The van der Waals surface area contributed by atoms with Crippen molar-refractivity contribution in [3.8, 4) is 65.1 Å². The van der Waals surface area contributed by atoms with Crippen LogP contribution in [0, 0.1) is 6.92 Å². The number of thiophene rings is 3. The standard InChI is InChI=1S/C20H25F2NS.C20H26FNS.C20H29N3OS.C19H27N3S.C19H25NOS.C18H25N3S/c1-19(2,3)16-6-4-15(5-7-16)18-9-8-17(24-18)14-23-12-10-20(21,22)11-13-23;1-20(2,3)16-6-4-15(5-7-16)19-9-8-18(23-19)14-22-12-10-17(21)11-13-22;1-5-24-15-22-10-12-23(13-11-22)19-21-18(14-25-19)16-6-8-17(9-7-16)20(2,3)4;1-14-17(15-6-8-16(9-7-15)19(2,3)4)20-18(23-14)22-12-10-21(5)11-13-22;1-19(2,3)16-6-4-15(5-7-16)18-9-8-17(22-18)14-20-10-12-21-13-11-20;1-18(2,3)15-7-5-14(6-8-15)16-13-22-17(19-16)21-11-9-20(4)10-12-21/h4-9H,10-14H2,1-3H3;4-9,17H,10-14H2,1-3H3;6-9,14H,5,10-13,15H2,1-4H3;6-9H,10-13H2,1-5H3;4-9H,10-14H2,1-3H3;5-8,13H,9-12H2,1-4H3. The molecule has 12 heterocycles. The molecule has 18 rings (SSSR count). The van der Waals surface area contributed by atoms with Gasteiger partial charge in [0.25, 0.3) is 5.92 Å². The van der Waals surface area contributed by atoms with Crippen LogP contribution < -0.4 is 14.7 Å². The number of likely N-dealkylation sites (tertiary alicyclic amines) is 2. The van der Waals surface area contributed by atoms with E-state index in [1.165, 1.54) is 106 Å². The lowest BCUT2D eigenvalue weighted by molar-refractivity contribution is -0.0565. The number of rotatable bonds is 18. The summed E-state index contributed by atoms with van der Waals surface area (Å²) in [5.74, 6) is -2.47. The Morgan fingerprint density at radius 1 is 0.345 bits per heavy atom. The van der Waals surface area contributed by atoms with Gasteiger partial charge in [0, 0.05) is 218 Å². The lowest BCUT2D eigenvalue weighted by Crippen LogP contribution is -2.47. The van der Waals surface area contributed by atoms with Gasteiger partial charge >= 0.3 is 0 Å². The summed E-state index contributed by atoms with van der Waals surface area (Å²) in [7, 11) is 4.37. The maximum absolute atomic E-state index is 13.2. The molecule has 0 saturated carbocycles. The average molecular weight is 2000 g/mol. The zero-order valence-electron chi connectivity index (χ0n) is 87.3. The summed E-state index contributed by atoms with van der Waals surface area (Å²) in [4.78, 5) is 45.3. The Morgan fingerprint density at radius 3 is 0.978 bits per heavy atom. The van der Waals surface area contributed by atoms with Gasteiger partial charge in [-0.3, -0.25) is 19.6 Å². The number of benzene rings is 6. The van der Waals surface area contributed by atoms with Crippen LogP contribution in [0.1, 0.15) is 210 Å². The highest BCUT2D eigenvalue weighted by Gasteiger charge is 2.35. The van der Waals surface area contributed by atoms with Crippen LogP contribution >= 0.6 is 68.0 Å². The number of piperazine rings is 3. The molecular formula is C116H157F3N12O2S6. The Hall–Kier alpha value is -7.82. The van der Waals surface area contributed by atoms with Gasteiger partial charge in [-0.2, -0.15) is 0 Å². The van der Waals surface area contributed by atoms with E-state index in [0.717, 1.165) is 178 Å². The molecule has 0 radical (unpaired) electrons. The van der Waals surface area contributed by atoms with Crippen molar-refractivity contribution in [1.29, 1.82) is 0 Å². The number of alkyl halides is 3. The maximum Gasteiger partial charge on any atom is 0.250 e. The molecule has 0 unspecified atom stereocenters. The molecule has 0 spiro atoms. The molecule has 6 fully saturated rings. The molecule has 6 aliphatic heterocycles. The van der Waals surface area contributed by atoms with E-state index in [0.29, 0.717) is 25.9 Å². The second kappa shape index (κ2) is 48.7. The number of hydrogen-bond acceptors (Lipinski definition) is 20. The molecule has 6 aromatic carbocycles. The van der Waals surface area contributed by atoms with Gasteiger partial charge in [0.05, 0.1) is 37.0 Å². The van der Waals surface area contributed by atoms with Crippen molar-refractivity contribution in [2.75, 3.05) is 173 Å². The lowest BCUT2D eigenvalue weighted by atomic mass is 9.86. The second-order valence-electron chi connectivity index (χ2n) is 44.5. The maximum atomic E-state index is 13.2. The third kappa shape index (κ3) is 32.3. The molecule has 0 aliphatic carbocycles. The Morgan fingerprint density at radius 2 is 0.647 bits per heavy atom. The molecule has 6 saturated heterocycles. The molecule has 0 N–H and O–H groups in total. The first-order valence-corrected chi connectivity index (χ1v) is 55.4. The molecule has 12 aromatic rings. The van der Waals surface area contributed by atoms with Gasteiger partial charge < -0.3 is 34.0 Å². The monoisotopic (exact) mass is 2000 g/mol. The first-order chi connectivity index (χ1) is 65.9. The zero-order valence-corrected chi connectivity index (χ0v) is 92.2. The van der Waals surface area contributed by atoms with Crippen LogP contribution in [0.25, 0.3) is 65.1 Å². The molecule has 23 heteroatoms. The molecule has 0 atom stereocenters. The number of morpholine rings is 1. The first-order valence-electron chi connectivity index (χ1n) is 50.4. The summed E-state index contributed by atoms with van der Waals surface area (Å²) in [5.41, 5.74) is 20.1. The van der Waals surface area contributed by atoms with E-state index in [2.05, 4.69) is 382 Å². The summed E-state index contributed by atoms with van der Waals surface area (Å²) >= 11 is 10.9. The topological polar surface area (TPSA) is 86.3 Å². The number of piperidine rings is 2. The molecule has 6 aromatic heterocycles. The number of nitrogens with zero attached hydrogens (tertiary/aromatic N) is 12. The fourth-order valence-corrected chi connectivity index (χ4v) is 23.3. The van der Waals surface area contributed by atoms with Gasteiger partial charge in [0.15, 0.2) is 15.4 Å². The van der Waals surface area contributed by atoms with Crippen LogP contribution in [0.2, 0.25) is 0 Å². The summed E-state index contributed by atoms with van der Waals surface area (Å²) < 4.78 is 50.6. The van der Waals surface area contributed by atoms with Crippen molar-refractivity contribution in [3.05, 3.63) is 246 Å². The number of anilines is 3. The predicted octanol–water partition coefficient (Wildman–Crippen LogP) is 28.4. The lowest BCUT2D eigenvalue weighted by Gasteiger charge is -2.34. The van der Waals surface area contributed by atoms with Gasteiger partial charge in [0.2, 0.25) is 0 Å². The molecule has 139 heavy (non-hydrogen) atoms. The number of thiazole rings is 3. The van der Waals surface area contributed by atoms with Gasteiger partial charge in [-0.15, -0.1) is 68.0 Å². The van der Waals surface area contributed by atoms with E-state index in [4.69, 9.17) is 24.4 Å². The van der Waals surface area contributed by atoms with E-state index in [1.54, 1.807) is 34.0 Å². The number of aromatic nitrogens is 3. The SMILES string of the molecule is CC(C)(C)c1ccc(-c2ccc(CN3CCC(F)(F)CC3)s2)cc1.CC(C)(C)c1ccc(-c2ccc(CN3CCC(F)CC3)s2)cc1.CC(C)(C)c1ccc(-c2ccc(CN3CCOCC3)s2)cc1.CCOCN1CCN(c2nc(-c3ccc(C(C)(C)C)cc3)cs2)CC1.CN1CCN(c2nc(-c3ccc(C(C)(C)C)cc3)cs2)CC1.Cc1sc(N2CCN(C)CC2)nc1-c1ccc(C(C)(C)C)cc1. The Balaban J connectivity index is 0.000000141. The Kier molecular flexibility index (Phi) is 38.0. The summed E-state index contributed by atoms with van der Waals surface area (Å²) in [6.07, 6.45) is 0.754. The van der Waals surface area contributed by atoms with Crippen LogP contribution in [-0.4, -0.2) is 215 Å². The first kappa shape index (κ1) is 108. The van der Waals surface area contributed by atoms with Crippen molar-refractivity contribution in [3.63, 3.8) is 0 Å². The van der Waals surface area contributed by atoms with Crippen LogP contribution in [-0.2, 0) is 61.6 Å². The quantitative estimate of drug-likeness (QED) is 0.0817. The summed E-state index contributed by atoms with van der Waals surface area (Å²) in [6, 6.07) is 66.5. The number of hydrogen-bond donors (Lipinski definition) is 0. The fraction of sp³-hybridized carbons (Fsp3) is 0.509. The Labute approximate surface area is 856 Å². The summed E-state index contributed by atoms with van der Waals surface area (Å²) in [5, 5.41) is 7.81. The minimum atomic E-state index is -2.47. The van der Waals surface area contributed by atoms with Crippen molar-refractivity contribution in [1.82, 2.24) is 44.4 Å². The van der Waals surface area contributed by atoms with Gasteiger partial charge in [-0.1, -0.05) is 270 Å². The highest BCUT2D eigenvalue weighted by molar-refractivity contribution is 7.17. The predicted molar refractivity (Wildman–Crippen MR) is 594 cm³/mol. The number of aryl methyl sites for hydroxylation is 1. The van der Waals surface area contributed by atoms with Crippen molar-refractivity contribution >= 4 is 83.4 Å². The highest BCUT2D eigenvalue weighted by atomic mass is 32.1. The van der Waals surface area contributed by atoms with E-state index in [1.807, 2.05) is 40.9 Å². The largest absolute Gasteiger partial charge is 0.379 e. The molecule has 0 bridgehead atoms. The molecular weight excluding hydrogens is 1840 g/mol.